The SMILES string of the molecule is CC1=NC(c2ccc(C)cc2)CN1S.Cl. The van der Waals surface area contributed by atoms with E-state index in [4.69, 9.17) is 0 Å². The van der Waals surface area contributed by atoms with E-state index in [1.54, 1.807) is 0 Å². The number of hydrogen-bond donors (Lipinski definition) is 1. The molecule has 1 aliphatic heterocycles. The number of nitrogens with zero attached hydrogens (tertiary/aromatic N) is 2. The summed E-state index contributed by atoms with van der Waals surface area (Å²) in [5.74, 6) is 0.999. The van der Waals surface area contributed by atoms with Crippen LogP contribution in [0.1, 0.15) is 24.1 Å². The van der Waals surface area contributed by atoms with E-state index in [-0.39, 0.29) is 18.4 Å². The standard InChI is InChI=1S/C11H14N2S.ClH/c1-8-3-5-10(6-4-8)11-7-13(14)9(2)12-11;/h3-6,11,14H,7H2,1-2H3;1H. The number of aliphatic imine (C=N–C) groups is 1. The van der Waals surface area contributed by atoms with E-state index in [0.29, 0.717) is 0 Å². The molecule has 4 heteroatoms. The summed E-state index contributed by atoms with van der Waals surface area (Å²) in [5.41, 5.74) is 2.56. The molecule has 15 heavy (non-hydrogen) atoms. The first-order chi connectivity index (χ1) is 6.66. The molecule has 0 spiro atoms. The molecule has 0 fully saturated rings. The van der Waals surface area contributed by atoms with Crippen molar-refractivity contribution >= 4 is 31.1 Å². The normalized spacial score (nSPS) is 19.8. The molecule has 82 valence electrons. The number of halogens is 1. The fraction of sp³-hybridized carbons (Fsp3) is 0.364. The van der Waals surface area contributed by atoms with Gasteiger partial charge in [-0.2, -0.15) is 0 Å². The van der Waals surface area contributed by atoms with Crippen LogP contribution in [0.25, 0.3) is 0 Å². The molecule has 2 nitrogen and oxygen atoms in total. The van der Waals surface area contributed by atoms with E-state index in [1.807, 2.05) is 11.2 Å². The number of rotatable bonds is 1. The molecule has 0 aromatic heterocycles. The first-order valence-electron chi connectivity index (χ1n) is 4.74. The molecule has 0 radical (unpaired) electrons. The summed E-state index contributed by atoms with van der Waals surface area (Å²) in [4.78, 5) is 4.54. The van der Waals surface area contributed by atoms with Crippen LogP contribution >= 0.6 is 25.2 Å². The fourth-order valence-electron chi connectivity index (χ4n) is 1.60. The molecule has 0 bridgehead atoms. The summed E-state index contributed by atoms with van der Waals surface area (Å²) in [6.45, 7) is 4.96. The number of hydrogen-bond acceptors (Lipinski definition) is 3. The maximum atomic E-state index is 4.54. The number of thiol groups is 1. The van der Waals surface area contributed by atoms with Crippen molar-refractivity contribution in [2.75, 3.05) is 6.54 Å². The Hall–Kier alpha value is -0.670. The smallest absolute Gasteiger partial charge is 0.106 e. The lowest BCUT2D eigenvalue weighted by Gasteiger charge is -2.10. The molecule has 2 rings (SSSR count). The summed E-state index contributed by atoms with van der Waals surface area (Å²) in [7, 11) is 0. The first-order valence-corrected chi connectivity index (χ1v) is 5.14. The highest BCUT2D eigenvalue weighted by atomic mass is 35.5. The zero-order valence-corrected chi connectivity index (χ0v) is 10.6. The average molecular weight is 243 g/mol. The summed E-state index contributed by atoms with van der Waals surface area (Å²) in [6.07, 6.45) is 0. The second kappa shape index (κ2) is 4.90. The van der Waals surface area contributed by atoms with Gasteiger partial charge in [0.25, 0.3) is 0 Å². The predicted octanol–water partition coefficient (Wildman–Crippen LogP) is 3.04. The van der Waals surface area contributed by atoms with Crippen molar-refractivity contribution in [1.82, 2.24) is 4.31 Å². The summed E-state index contributed by atoms with van der Waals surface area (Å²) in [6, 6.07) is 8.80. The Balaban J connectivity index is 0.00000112. The Labute approximate surface area is 102 Å². The molecule has 0 aliphatic carbocycles. The fourth-order valence-corrected chi connectivity index (χ4v) is 1.80. The van der Waals surface area contributed by atoms with Gasteiger partial charge in [0.15, 0.2) is 0 Å². The molecule has 0 saturated heterocycles. The molecule has 1 aromatic rings. The lowest BCUT2D eigenvalue weighted by atomic mass is 10.1. The van der Waals surface area contributed by atoms with E-state index in [2.05, 4.69) is 49.0 Å². The van der Waals surface area contributed by atoms with Crippen LogP contribution in [0, 0.1) is 6.92 Å². The van der Waals surface area contributed by atoms with E-state index < -0.39 is 0 Å². The van der Waals surface area contributed by atoms with Gasteiger partial charge in [-0.1, -0.05) is 42.6 Å². The van der Waals surface area contributed by atoms with Gasteiger partial charge in [-0.05, 0) is 19.4 Å². The van der Waals surface area contributed by atoms with Crippen LogP contribution in [0.3, 0.4) is 0 Å². The van der Waals surface area contributed by atoms with Gasteiger partial charge in [0.2, 0.25) is 0 Å². The minimum Gasteiger partial charge on any atom is -0.305 e. The molecular weight excluding hydrogens is 228 g/mol. The number of benzene rings is 1. The Bertz CT molecular complexity index is 361. The zero-order valence-electron chi connectivity index (χ0n) is 8.84. The number of aryl methyl sites for hydroxylation is 1. The van der Waals surface area contributed by atoms with Crippen molar-refractivity contribution < 1.29 is 0 Å². The maximum absolute atomic E-state index is 4.54. The van der Waals surface area contributed by atoms with E-state index in [1.165, 1.54) is 11.1 Å². The van der Waals surface area contributed by atoms with Crippen molar-refractivity contribution in [3.8, 4) is 0 Å². The minimum atomic E-state index is 0. The Morgan fingerprint density at radius 1 is 1.27 bits per heavy atom. The molecular formula is C11H15ClN2S. The van der Waals surface area contributed by atoms with E-state index in [0.717, 1.165) is 12.4 Å². The topological polar surface area (TPSA) is 15.6 Å². The Morgan fingerprint density at radius 2 is 1.87 bits per heavy atom. The van der Waals surface area contributed by atoms with Crippen molar-refractivity contribution in [3.05, 3.63) is 35.4 Å². The minimum absolute atomic E-state index is 0. The summed E-state index contributed by atoms with van der Waals surface area (Å²) in [5, 5.41) is 0. The zero-order chi connectivity index (χ0) is 10.1. The van der Waals surface area contributed by atoms with E-state index >= 15 is 0 Å². The van der Waals surface area contributed by atoms with E-state index in [9.17, 15) is 0 Å². The van der Waals surface area contributed by atoms with Gasteiger partial charge in [0.1, 0.15) is 5.84 Å². The third kappa shape index (κ3) is 2.67. The third-order valence-corrected chi connectivity index (χ3v) is 2.98. The monoisotopic (exact) mass is 242 g/mol. The van der Waals surface area contributed by atoms with Crippen molar-refractivity contribution in [2.24, 2.45) is 4.99 Å². The molecule has 1 aliphatic rings. The van der Waals surface area contributed by atoms with Gasteiger partial charge in [0, 0.05) is 0 Å². The van der Waals surface area contributed by atoms with Gasteiger partial charge < -0.3 is 4.31 Å². The van der Waals surface area contributed by atoms with Crippen LogP contribution in [0.2, 0.25) is 0 Å². The quantitative estimate of drug-likeness (QED) is 0.749. The lowest BCUT2D eigenvalue weighted by Crippen LogP contribution is -2.14. The molecule has 1 heterocycles. The van der Waals surface area contributed by atoms with Crippen LogP contribution in [0.4, 0.5) is 0 Å². The largest absolute Gasteiger partial charge is 0.305 e. The molecule has 1 unspecified atom stereocenters. The Kier molecular flexibility index (Phi) is 4.05. The van der Waals surface area contributed by atoms with Crippen molar-refractivity contribution in [2.45, 2.75) is 19.9 Å². The van der Waals surface area contributed by atoms with Crippen LogP contribution in [0.15, 0.2) is 29.3 Å². The highest BCUT2D eigenvalue weighted by molar-refractivity contribution is 7.78. The van der Waals surface area contributed by atoms with Crippen molar-refractivity contribution in [1.29, 1.82) is 0 Å². The molecule has 0 amide bonds. The molecule has 1 aromatic carbocycles. The predicted molar refractivity (Wildman–Crippen MR) is 70.0 cm³/mol. The average Bonchev–Trinajstić information content (AvgIpc) is 2.48. The third-order valence-electron chi connectivity index (χ3n) is 2.52. The van der Waals surface area contributed by atoms with Gasteiger partial charge >= 0.3 is 0 Å². The van der Waals surface area contributed by atoms with Crippen LogP contribution in [-0.4, -0.2) is 16.7 Å². The number of amidine groups is 1. The molecule has 1 atom stereocenters. The lowest BCUT2D eigenvalue weighted by molar-refractivity contribution is 0.640. The first kappa shape index (κ1) is 12.4. The summed E-state index contributed by atoms with van der Waals surface area (Å²) < 4.78 is 1.89. The highest BCUT2D eigenvalue weighted by Crippen LogP contribution is 2.25. The van der Waals surface area contributed by atoms with Gasteiger partial charge in [0.05, 0.1) is 12.6 Å². The molecule has 0 saturated carbocycles. The van der Waals surface area contributed by atoms with Gasteiger partial charge in [-0.15, -0.1) is 12.4 Å². The van der Waals surface area contributed by atoms with Crippen molar-refractivity contribution in [3.63, 3.8) is 0 Å². The Morgan fingerprint density at radius 3 is 2.33 bits per heavy atom. The maximum Gasteiger partial charge on any atom is 0.106 e. The van der Waals surface area contributed by atoms with Gasteiger partial charge in [-0.3, -0.25) is 4.99 Å². The highest BCUT2D eigenvalue weighted by Gasteiger charge is 2.20. The second-order valence-electron chi connectivity index (χ2n) is 3.68. The molecule has 0 N–H and O–H groups in total. The summed E-state index contributed by atoms with van der Waals surface area (Å²) >= 11 is 4.32. The van der Waals surface area contributed by atoms with Crippen LogP contribution in [-0.2, 0) is 0 Å². The van der Waals surface area contributed by atoms with Gasteiger partial charge in [-0.25, -0.2) is 0 Å². The van der Waals surface area contributed by atoms with Crippen LogP contribution in [0.5, 0.6) is 0 Å². The van der Waals surface area contributed by atoms with Crippen LogP contribution < -0.4 is 0 Å². The second-order valence-corrected chi connectivity index (χ2v) is 4.17.